The molecule has 1 unspecified atom stereocenters. The lowest BCUT2D eigenvalue weighted by molar-refractivity contribution is -0.127. The molecule has 1 saturated carbocycles. The molecule has 0 radical (unpaired) electrons. The summed E-state index contributed by atoms with van der Waals surface area (Å²) in [4.78, 5) is 29.8. The molecule has 5 heteroatoms. The number of hydrogen-bond acceptors (Lipinski definition) is 2. The van der Waals surface area contributed by atoms with E-state index in [4.69, 9.17) is 0 Å². The van der Waals surface area contributed by atoms with Gasteiger partial charge >= 0.3 is 0 Å². The molecule has 1 N–H and O–H groups in total. The zero-order valence-electron chi connectivity index (χ0n) is 19.9. The summed E-state index contributed by atoms with van der Waals surface area (Å²) in [5, 5.41) is 4.37. The van der Waals surface area contributed by atoms with Crippen molar-refractivity contribution in [2.75, 3.05) is 4.90 Å². The Morgan fingerprint density at radius 2 is 1.73 bits per heavy atom. The summed E-state index contributed by atoms with van der Waals surface area (Å²) in [5.41, 5.74) is 3.56. The van der Waals surface area contributed by atoms with Gasteiger partial charge in [-0.1, -0.05) is 56.0 Å². The molecule has 172 valence electrons. The number of amides is 2. The fourth-order valence-electron chi connectivity index (χ4n) is 5.57. The van der Waals surface area contributed by atoms with Crippen LogP contribution in [0.4, 0.5) is 5.69 Å². The van der Waals surface area contributed by atoms with Gasteiger partial charge in [0.05, 0.1) is 6.54 Å². The van der Waals surface area contributed by atoms with Crippen LogP contribution in [-0.4, -0.2) is 28.0 Å². The molecule has 33 heavy (non-hydrogen) atoms. The number of aryl methyl sites for hydroxylation is 1. The van der Waals surface area contributed by atoms with Gasteiger partial charge in [-0.15, -0.1) is 0 Å². The van der Waals surface area contributed by atoms with E-state index in [1.165, 1.54) is 12.8 Å². The quantitative estimate of drug-likeness (QED) is 0.542. The second-order valence-corrected chi connectivity index (χ2v) is 9.97. The van der Waals surface area contributed by atoms with Crippen LogP contribution in [0.1, 0.15) is 67.1 Å². The van der Waals surface area contributed by atoms with Crippen molar-refractivity contribution >= 4 is 28.4 Å². The molecule has 2 heterocycles. The first-order chi connectivity index (χ1) is 15.9. The van der Waals surface area contributed by atoms with E-state index < -0.39 is 5.54 Å². The molecule has 1 aromatic heterocycles. The molecule has 1 aliphatic heterocycles. The maximum Gasteiger partial charge on any atom is 0.275 e. The third kappa shape index (κ3) is 3.64. The highest BCUT2D eigenvalue weighted by Crippen LogP contribution is 2.38. The molecular weight excluding hydrogens is 410 g/mol. The molecule has 1 aliphatic carbocycles. The highest BCUT2D eigenvalue weighted by Gasteiger charge is 2.49. The van der Waals surface area contributed by atoms with E-state index >= 15 is 0 Å². The number of rotatable bonds is 3. The number of carbonyl (C=O) groups is 2. The second-order valence-electron chi connectivity index (χ2n) is 9.97. The number of nitrogens with one attached hydrogen (secondary N) is 1. The van der Waals surface area contributed by atoms with Gasteiger partial charge < -0.3 is 9.88 Å². The van der Waals surface area contributed by atoms with Crippen molar-refractivity contribution in [2.24, 2.45) is 0 Å². The lowest BCUT2D eigenvalue weighted by Gasteiger charge is -2.45. The van der Waals surface area contributed by atoms with Crippen LogP contribution >= 0.6 is 0 Å². The number of anilines is 1. The van der Waals surface area contributed by atoms with Crippen molar-refractivity contribution in [1.82, 2.24) is 9.88 Å². The zero-order chi connectivity index (χ0) is 23.2. The molecule has 0 bridgehead atoms. The minimum Gasteiger partial charge on any atom is -0.351 e. The largest absolute Gasteiger partial charge is 0.351 e. The number of para-hydroxylation sites is 1. The Morgan fingerprint density at radius 3 is 2.48 bits per heavy atom. The van der Waals surface area contributed by atoms with Crippen LogP contribution in [0, 0.1) is 13.8 Å². The average molecular weight is 444 g/mol. The summed E-state index contributed by atoms with van der Waals surface area (Å²) in [6.45, 7) is 6.43. The van der Waals surface area contributed by atoms with E-state index in [2.05, 4.69) is 5.32 Å². The number of benzene rings is 2. The van der Waals surface area contributed by atoms with Gasteiger partial charge in [-0.25, -0.2) is 0 Å². The summed E-state index contributed by atoms with van der Waals surface area (Å²) in [5.74, 6) is -0.184. The van der Waals surface area contributed by atoms with E-state index in [1.807, 2.05) is 73.9 Å². The summed E-state index contributed by atoms with van der Waals surface area (Å²) >= 11 is 0. The summed E-state index contributed by atoms with van der Waals surface area (Å²) < 4.78 is 2.03. The van der Waals surface area contributed by atoms with Crippen LogP contribution in [0.15, 0.2) is 48.5 Å². The Morgan fingerprint density at radius 1 is 1.00 bits per heavy atom. The normalized spacial score (nSPS) is 21.7. The Balaban J connectivity index is 1.63. The predicted molar refractivity (Wildman–Crippen MR) is 133 cm³/mol. The van der Waals surface area contributed by atoms with Gasteiger partial charge in [0.2, 0.25) is 5.91 Å². The first-order valence-electron chi connectivity index (χ1n) is 12.2. The van der Waals surface area contributed by atoms with Gasteiger partial charge in [0.15, 0.2) is 0 Å². The van der Waals surface area contributed by atoms with Gasteiger partial charge in [0, 0.05) is 22.6 Å². The molecule has 1 atom stereocenters. The van der Waals surface area contributed by atoms with Gasteiger partial charge in [0.1, 0.15) is 11.2 Å². The Kier molecular flexibility index (Phi) is 5.51. The topological polar surface area (TPSA) is 54.3 Å². The fourth-order valence-corrected chi connectivity index (χ4v) is 5.57. The highest BCUT2D eigenvalue weighted by molar-refractivity contribution is 6.14. The fraction of sp³-hybridized carbons (Fsp3) is 0.429. The lowest BCUT2D eigenvalue weighted by atomic mass is 9.91. The Bertz CT molecular complexity index is 1220. The zero-order valence-corrected chi connectivity index (χ0v) is 19.9. The standard InChI is InChI=1S/C28H33N3O2/c1-19-11-10-16-23(20(19)2)31-26(32)25-17-21-12-8-9-15-24(21)30(25)18-28(31,3)27(33)29-22-13-6-4-5-7-14-22/h8-12,15-17,22H,4-7,13-14,18H2,1-3H3,(H,29,33). The molecule has 0 saturated heterocycles. The molecule has 3 aromatic rings. The third-order valence-corrected chi connectivity index (χ3v) is 7.69. The van der Waals surface area contributed by atoms with Crippen LogP contribution in [0.25, 0.3) is 10.9 Å². The van der Waals surface area contributed by atoms with E-state index in [1.54, 1.807) is 4.90 Å². The first kappa shape index (κ1) is 21.7. The van der Waals surface area contributed by atoms with Crippen LogP contribution in [0.5, 0.6) is 0 Å². The van der Waals surface area contributed by atoms with Crippen LogP contribution in [-0.2, 0) is 11.3 Å². The first-order valence-corrected chi connectivity index (χ1v) is 12.2. The van der Waals surface area contributed by atoms with E-state index in [0.717, 1.165) is 53.4 Å². The van der Waals surface area contributed by atoms with Crippen molar-refractivity contribution < 1.29 is 9.59 Å². The molecule has 2 aromatic carbocycles. The molecule has 2 aliphatic rings. The maximum atomic E-state index is 14.0. The van der Waals surface area contributed by atoms with Crippen LogP contribution < -0.4 is 10.2 Å². The number of aromatic nitrogens is 1. The number of nitrogens with zero attached hydrogens (tertiary/aromatic N) is 2. The van der Waals surface area contributed by atoms with Crippen molar-refractivity contribution in [2.45, 2.75) is 77.4 Å². The van der Waals surface area contributed by atoms with Crippen LogP contribution in [0.3, 0.4) is 0 Å². The molecular formula is C28H33N3O2. The van der Waals surface area contributed by atoms with Gasteiger partial charge in [-0.3, -0.25) is 14.5 Å². The minimum atomic E-state index is -1.03. The molecule has 0 spiro atoms. The molecule has 1 fully saturated rings. The smallest absolute Gasteiger partial charge is 0.275 e. The van der Waals surface area contributed by atoms with E-state index in [-0.39, 0.29) is 17.9 Å². The van der Waals surface area contributed by atoms with Crippen molar-refractivity contribution in [3.63, 3.8) is 0 Å². The monoisotopic (exact) mass is 443 g/mol. The number of hydrogen-bond donors (Lipinski definition) is 1. The minimum absolute atomic E-state index is 0.0629. The lowest BCUT2D eigenvalue weighted by Crippen LogP contribution is -2.65. The maximum absolute atomic E-state index is 14.0. The van der Waals surface area contributed by atoms with Gasteiger partial charge in [0.25, 0.3) is 5.91 Å². The summed E-state index contributed by atoms with van der Waals surface area (Å²) in [6.07, 6.45) is 6.78. The van der Waals surface area contributed by atoms with Crippen molar-refractivity contribution in [1.29, 1.82) is 0 Å². The highest BCUT2D eigenvalue weighted by atomic mass is 16.2. The summed E-state index contributed by atoms with van der Waals surface area (Å²) in [6, 6.07) is 16.2. The Labute approximate surface area is 195 Å². The van der Waals surface area contributed by atoms with Crippen molar-refractivity contribution in [3.8, 4) is 0 Å². The number of fused-ring (bicyclic) bond motifs is 3. The van der Waals surface area contributed by atoms with Crippen LogP contribution in [0.2, 0.25) is 0 Å². The third-order valence-electron chi connectivity index (χ3n) is 7.69. The SMILES string of the molecule is Cc1cccc(N2C(=O)c3cc4ccccc4n3CC2(C)C(=O)NC2CCCCCC2)c1C. The molecule has 2 amide bonds. The van der Waals surface area contributed by atoms with E-state index in [9.17, 15) is 9.59 Å². The molecule has 5 nitrogen and oxygen atoms in total. The Hall–Kier alpha value is -3.08. The predicted octanol–water partition coefficient (Wildman–Crippen LogP) is 5.52. The van der Waals surface area contributed by atoms with Gasteiger partial charge in [-0.2, -0.15) is 0 Å². The average Bonchev–Trinajstić information content (AvgIpc) is 2.97. The second kappa shape index (κ2) is 8.36. The molecule has 5 rings (SSSR count). The van der Waals surface area contributed by atoms with E-state index in [0.29, 0.717) is 12.2 Å². The van der Waals surface area contributed by atoms with Gasteiger partial charge in [-0.05, 0) is 62.9 Å². The number of carbonyl (C=O) groups excluding carboxylic acids is 2. The summed E-state index contributed by atoms with van der Waals surface area (Å²) in [7, 11) is 0. The van der Waals surface area contributed by atoms with Crippen molar-refractivity contribution in [3.05, 3.63) is 65.4 Å².